The van der Waals surface area contributed by atoms with Gasteiger partial charge in [-0.25, -0.2) is 9.78 Å². The zero-order valence-electron chi connectivity index (χ0n) is 53.2. The minimum Gasteiger partial charge on any atom is -0.480 e. The lowest BCUT2D eigenvalue weighted by molar-refractivity contribution is -0.143. The second-order valence-electron chi connectivity index (χ2n) is 22.1. The maximum atomic E-state index is 13.1. The van der Waals surface area contributed by atoms with E-state index < -0.39 is 47.4 Å². The van der Waals surface area contributed by atoms with E-state index in [0.717, 1.165) is 53.6 Å². The normalized spacial score (nSPS) is 14.8. The Bertz CT molecular complexity index is 3000. The molecule has 5 amide bonds. The van der Waals surface area contributed by atoms with E-state index in [-0.39, 0.29) is 75.8 Å². The number of nitrogens with zero attached hydrogens (tertiary/aromatic N) is 4. The molecule has 5 heterocycles. The Morgan fingerprint density at radius 3 is 2.12 bits per heavy atom. The van der Waals surface area contributed by atoms with Gasteiger partial charge in [-0.15, -0.1) is 0 Å². The van der Waals surface area contributed by atoms with Crippen molar-refractivity contribution in [1.29, 1.82) is 0 Å². The number of imide groups is 2. The average molecular weight is 1300 g/mol. The van der Waals surface area contributed by atoms with Gasteiger partial charge in [0, 0.05) is 80.9 Å². The number of hydrogen-bond donors (Lipinski definition) is 4. The first-order valence-electron chi connectivity index (χ1n) is 30.9. The van der Waals surface area contributed by atoms with Crippen LogP contribution in [0, 0.1) is 12.8 Å². The van der Waals surface area contributed by atoms with Crippen molar-refractivity contribution in [1.82, 2.24) is 20.2 Å². The largest absolute Gasteiger partial charge is 0.480 e. The van der Waals surface area contributed by atoms with Crippen LogP contribution in [0.15, 0.2) is 67.0 Å². The van der Waals surface area contributed by atoms with Gasteiger partial charge < -0.3 is 63.7 Å². The second-order valence-corrected chi connectivity index (χ2v) is 22.1. The average Bonchev–Trinajstić information content (AvgIpc) is 1.63. The Morgan fingerprint density at radius 1 is 0.761 bits per heavy atom. The SMILES string of the molecule is CC(C)CCCOCCCC(=O)COCCOCCOC(C)C.Cc1ncc(NC(=O)c2cccc(C(F)(F)F)c2)cc1-c1cnc(OCCOCCOCC(=O)O)c(N2CCOCC2)c1.NCCOCCCc1cccc2c1C(=O)N(C1CCC(=O)NC1=O)C2=O. The fraction of sp³-hybridized carbons (Fsp3) is 0.554. The number of fused-ring (bicyclic) bond motifs is 1. The molecule has 7 rings (SSSR count). The molecule has 0 saturated carbocycles. The quantitative estimate of drug-likeness (QED) is 0.0254. The Balaban J connectivity index is 0.000000269. The highest BCUT2D eigenvalue weighted by Crippen LogP contribution is 2.35. The first kappa shape index (κ1) is 75.4. The van der Waals surface area contributed by atoms with Crippen LogP contribution in [0.2, 0.25) is 0 Å². The van der Waals surface area contributed by atoms with Crippen LogP contribution in [0.3, 0.4) is 0 Å². The number of ether oxygens (including phenoxy) is 9. The lowest BCUT2D eigenvalue weighted by atomic mass is 9.99. The molecular weight excluding hydrogens is 1210 g/mol. The van der Waals surface area contributed by atoms with Gasteiger partial charge in [-0.3, -0.25) is 44.0 Å². The van der Waals surface area contributed by atoms with Gasteiger partial charge in [-0.1, -0.05) is 32.0 Å². The third-order valence-electron chi connectivity index (χ3n) is 14.0. The first-order chi connectivity index (χ1) is 44.2. The number of hydrogen-bond acceptors (Lipinski definition) is 20. The third kappa shape index (κ3) is 26.3. The minimum atomic E-state index is -4.57. The molecule has 0 bridgehead atoms. The van der Waals surface area contributed by atoms with Crippen LogP contribution >= 0.6 is 0 Å². The summed E-state index contributed by atoms with van der Waals surface area (Å²) in [7, 11) is 0. The van der Waals surface area contributed by atoms with Crippen LogP contribution in [0.25, 0.3) is 11.1 Å². The van der Waals surface area contributed by atoms with E-state index in [0.29, 0.717) is 138 Å². The van der Waals surface area contributed by atoms with E-state index in [9.17, 15) is 46.7 Å². The predicted octanol–water partition coefficient (Wildman–Crippen LogP) is 7.30. The van der Waals surface area contributed by atoms with E-state index in [1.807, 2.05) is 19.9 Å². The van der Waals surface area contributed by atoms with Crippen molar-refractivity contribution >= 4 is 52.7 Å². The molecule has 0 aliphatic carbocycles. The Hall–Kier alpha value is -7.34. The summed E-state index contributed by atoms with van der Waals surface area (Å²) >= 11 is 0. The number of amides is 5. The zero-order chi connectivity index (χ0) is 66.8. The third-order valence-corrected chi connectivity index (χ3v) is 14.0. The number of carbonyl (C=O) groups is 7. The van der Waals surface area contributed by atoms with Gasteiger partial charge in [0.1, 0.15) is 31.5 Å². The van der Waals surface area contributed by atoms with Gasteiger partial charge in [0.25, 0.3) is 17.7 Å². The number of aryl methyl sites for hydroxylation is 2. The van der Waals surface area contributed by atoms with Crippen LogP contribution in [0.5, 0.6) is 5.88 Å². The standard InChI is InChI=1S/C29H31F3N4O7.C18H21N3O5.C18H36O5/c1-19-24(15-23(17-33-19)35-27(39)20-3-2-4-22(13-20)29(30,31)32)21-14-25(36-5-7-40-8-6-36)28(34-16-21)43-12-11-41-9-10-42-18-26(37)38;19-8-10-26-9-2-4-11-3-1-5-12-15(11)18(25)21(17(12)24)13-6-7-14(22)20-16(13)23;1-16(2)7-5-9-20-10-6-8-18(19)15-22-12-11-21-13-14-23-17(3)4/h2-4,13-17H,5-12,18H2,1H3,(H,35,39)(H,37,38);1,3,5,13H,2,4,6-10,19H2,(H,20,22,23);16-17H,5-15H2,1-4H3. The number of carboxylic acid groups (broad SMARTS) is 1. The fourth-order valence-corrected chi connectivity index (χ4v) is 9.47. The molecule has 1 atom stereocenters. The van der Waals surface area contributed by atoms with Crippen molar-refractivity contribution in [2.75, 3.05) is 136 Å². The lowest BCUT2D eigenvalue weighted by Gasteiger charge is -2.30. The Labute approximate surface area is 534 Å². The monoisotopic (exact) mass is 1300 g/mol. The summed E-state index contributed by atoms with van der Waals surface area (Å²) < 4.78 is 87.9. The number of carboxylic acids is 1. The molecule has 0 radical (unpaired) electrons. The highest BCUT2D eigenvalue weighted by Gasteiger charge is 2.45. The van der Waals surface area contributed by atoms with E-state index >= 15 is 0 Å². The molecule has 2 aromatic carbocycles. The molecular formula is C65H88F3N7O17. The summed E-state index contributed by atoms with van der Waals surface area (Å²) in [6.45, 7) is 18.0. The summed E-state index contributed by atoms with van der Waals surface area (Å²) in [5.74, 6) is -2.47. The molecule has 2 aromatic heterocycles. The maximum absolute atomic E-state index is 13.1. The highest BCUT2D eigenvalue weighted by atomic mass is 19.4. The molecule has 0 spiro atoms. The number of aromatic nitrogens is 2. The molecule has 4 aromatic rings. The first-order valence-corrected chi connectivity index (χ1v) is 30.9. The number of ketones is 1. The maximum Gasteiger partial charge on any atom is 0.416 e. The number of carbonyl (C=O) groups excluding carboxylic acids is 6. The summed E-state index contributed by atoms with van der Waals surface area (Å²) in [6.07, 6.45) is 3.82. The molecule has 27 heteroatoms. The van der Waals surface area contributed by atoms with Crippen molar-refractivity contribution in [3.63, 3.8) is 0 Å². The number of morpholine rings is 1. The summed E-state index contributed by atoms with van der Waals surface area (Å²) in [5, 5.41) is 13.4. The van der Waals surface area contributed by atoms with Gasteiger partial charge in [0.2, 0.25) is 17.7 Å². The van der Waals surface area contributed by atoms with Gasteiger partial charge in [0.05, 0.1) is 101 Å². The van der Waals surface area contributed by atoms with Crippen LogP contribution in [0.4, 0.5) is 24.5 Å². The van der Waals surface area contributed by atoms with E-state index in [4.69, 9.17) is 53.5 Å². The number of nitrogens with two attached hydrogens (primary N) is 1. The molecule has 1 unspecified atom stereocenters. The molecule has 2 fully saturated rings. The zero-order valence-corrected chi connectivity index (χ0v) is 53.2. The van der Waals surface area contributed by atoms with Gasteiger partial charge in [0.15, 0.2) is 5.78 Å². The molecule has 5 N–H and O–H groups in total. The smallest absolute Gasteiger partial charge is 0.416 e. The van der Waals surface area contributed by atoms with Crippen molar-refractivity contribution in [2.45, 2.75) is 104 Å². The predicted molar refractivity (Wildman–Crippen MR) is 333 cm³/mol. The van der Waals surface area contributed by atoms with E-state index in [1.165, 1.54) is 24.8 Å². The number of nitrogens with one attached hydrogen (secondary N) is 2. The van der Waals surface area contributed by atoms with Gasteiger partial charge in [-0.05, 0) is 107 Å². The molecule has 24 nitrogen and oxygen atoms in total. The van der Waals surface area contributed by atoms with Crippen molar-refractivity contribution in [3.8, 4) is 17.0 Å². The van der Waals surface area contributed by atoms with Crippen LogP contribution < -0.4 is 26.0 Å². The number of anilines is 2. The minimum absolute atomic E-state index is 0.106. The highest BCUT2D eigenvalue weighted by molar-refractivity contribution is 6.24. The number of pyridine rings is 2. The Kier molecular flexibility index (Phi) is 33.3. The molecule has 506 valence electrons. The number of aliphatic carboxylic acids is 1. The van der Waals surface area contributed by atoms with Crippen molar-refractivity contribution < 1.29 is 94.5 Å². The summed E-state index contributed by atoms with van der Waals surface area (Å²) in [4.78, 5) is 95.8. The van der Waals surface area contributed by atoms with Crippen LogP contribution in [-0.4, -0.2) is 199 Å². The molecule has 3 aliphatic rings. The molecule has 3 aliphatic heterocycles. The van der Waals surface area contributed by atoms with Gasteiger partial charge in [-0.2, -0.15) is 13.2 Å². The number of benzene rings is 2. The van der Waals surface area contributed by atoms with Crippen molar-refractivity contribution in [3.05, 3.63) is 101 Å². The fourth-order valence-electron chi connectivity index (χ4n) is 9.47. The van der Waals surface area contributed by atoms with E-state index in [1.54, 1.807) is 37.4 Å². The summed E-state index contributed by atoms with van der Waals surface area (Å²) in [6, 6.07) is 12.0. The molecule has 92 heavy (non-hydrogen) atoms. The van der Waals surface area contributed by atoms with E-state index in [2.05, 4.69) is 39.3 Å². The van der Waals surface area contributed by atoms with Crippen LogP contribution in [0.1, 0.15) is 121 Å². The number of alkyl halides is 3. The lowest BCUT2D eigenvalue weighted by Crippen LogP contribution is -2.54. The Morgan fingerprint density at radius 2 is 1.42 bits per heavy atom. The number of piperidine rings is 1. The van der Waals surface area contributed by atoms with Crippen molar-refractivity contribution in [2.24, 2.45) is 11.7 Å². The number of halogens is 3. The van der Waals surface area contributed by atoms with Gasteiger partial charge >= 0.3 is 12.1 Å². The summed E-state index contributed by atoms with van der Waals surface area (Å²) in [5.41, 5.74) is 8.78. The van der Waals surface area contributed by atoms with Crippen LogP contribution in [-0.2, 0) is 69.7 Å². The topological polar surface area (TPSA) is 305 Å². The molecule has 2 saturated heterocycles. The number of Topliss-reactive ketones (excluding diaryl/α,β-unsaturated/α-hetero) is 1. The number of rotatable bonds is 37. The second kappa shape index (κ2) is 40.6.